The molecule has 1 amide bonds. The number of hydrogen-bond donors (Lipinski definition) is 1. The van der Waals surface area contributed by atoms with Gasteiger partial charge in [0.1, 0.15) is 5.52 Å². The smallest absolute Gasteiger partial charge is 0.253 e. The molecule has 0 bridgehead atoms. The molecule has 0 saturated carbocycles. The van der Waals surface area contributed by atoms with Gasteiger partial charge in [0, 0.05) is 43.8 Å². The van der Waals surface area contributed by atoms with Crippen LogP contribution in [-0.2, 0) is 18.2 Å². The second-order valence-corrected chi connectivity index (χ2v) is 8.05. The Kier molecular flexibility index (Phi) is 4.58. The number of hydrogen-bond acceptors (Lipinski definition) is 5. The fraction of sp³-hybridized carbons (Fsp3) is 0.524. The summed E-state index contributed by atoms with van der Waals surface area (Å²) in [5, 5.41) is 7.74. The molecule has 1 atom stereocenters. The van der Waals surface area contributed by atoms with Crippen molar-refractivity contribution in [3.05, 3.63) is 41.1 Å². The zero-order valence-electron chi connectivity index (χ0n) is 16.9. The number of ether oxygens (including phenoxy) is 1. The van der Waals surface area contributed by atoms with Gasteiger partial charge in [0.25, 0.3) is 5.91 Å². The quantitative estimate of drug-likeness (QED) is 0.738. The summed E-state index contributed by atoms with van der Waals surface area (Å²) in [7, 11) is 1.97. The summed E-state index contributed by atoms with van der Waals surface area (Å²) in [5.41, 5.74) is 5.52. The summed E-state index contributed by atoms with van der Waals surface area (Å²) in [6.07, 6.45) is 8.41. The van der Waals surface area contributed by atoms with Gasteiger partial charge < -0.3 is 14.6 Å². The van der Waals surface area contributed by atoms with Gasteiger partial charge in [-0.2, -0.15) is 5.10 Å². The lowest BCUT2D eigenvalue weighted by Gasteiger charge is -2.24. The van der Waals surface area contributed by atoms with E-state index in [1.807, 2.05) is 31.0 Å². The fourth-order valence-corrected chi connectivity index (χ4v) is 4.75. The Bertz CT molecular complexity index is 1060. The van der Waals surface area contributed by atoms with Crippen LogP contribution < -0.4 is 5.32 Å². The van der Waals surface area contributed by atoms with Crippen LogP contribution in [0.15, 0.2) is 18.6 Å². The topological polar surface area (TPSA) is 86.9 Å². The van der Waals surface area contributed by atoms with E-state index in [0.717, 1.165) is 62.2 Å². The van der Waals surface area contributed by atoms with E-state index in [2.05, 4.69) is 25.0 Å². The number of nitrogens with zero attached hydrogens (tertiary/aromatic N) is 5. The van der Waals surface area contributed by atoms with Gasteiger partial charge in [-0.3, -0.25) is 9.48 Å². The SMILES string of the molecule is Cc1nn(C)c2c1C(NC(=O)c1cnc3c(c1)ncn3C1CCOCC1)CCC2. The van der Waals surface area contributed by atoms with Crippen molar-refractivity contribution < 1.29 is 9.53 Å². The molecule has 1 aliphatic carbocycles. The molecule has 1 fully saturated rings. The number of amides is 1. The molecule has 8 heteroatoms. The maximum atomic E-state index is 13.0. The van der Waals surface area contributed by atoms with Gasteiger partial charge in [-0.1, -0.05) is 0 Å². The number of nitrogens with one attached hydrogen (secondary N) is 1. The summed E-state index contributed by atoms with van der Waals surface area (Å²) in [5.74, 6) is -0.110. The van der Waals surface area contributed by atoms with Crippen LogP contribution in [0, 0.1) is 6.92 Å². The molecule has 1 aliphatic heterocycles. The van der Waals surface area contributed by atoms with Crippen LogP contribution in [0.2, 0.25) is 0 Å². The number of imidazole rings is 1. The molecule has 1 saturated heterocycles. The first-order valence-corrected chi connectivity index (χ1v) is 10.4. The highest BCUT2D eigenvalue weighted by atomic mass is 16.5. The zero-order valence-corrected chi connectivity index (χ0v) is 16.9. The van der Waals surface area contributed by atoms with Crippen molar-refractivity contribution in [1.82, 2.24) is 29.6 Å². The van der Waals surface area contributed by atoms with E-state index in [9.17, 15) is 4.79 Å². The van der Waals surface area contributed by atoms with Gasteiger partial charge in [-0.05, 0) is 45.1 Å². The standard InChI is InChI=1S/C21H26N6O2/c1-13-19-16(4-3-5-18(19)26(2)25-13)24-21(28)14-10-17-20(22-11-14)27(12-23-17)15-6-8-29-9-7-15/h10-12,15-16H,3-9H2,1-2H3,(H,24,28). The predicted molar refractivity (Wildman–Crippen MR) is 108 cm³/mol. The van der Waals surface area contributed by atoms with Crippen LogP contribution in [0.5, 0.6) is 0 Å². The first-order valence-electron chi connectivity index (χ1n) is 10.4. The molecule has 0 spiro atoms. The predicted octanol–water partition coefficient (Wildman–Crippen LogP) is 2.63. The van der Waals surface area contributed by atoms with Crippen molar-refractivity contribution in [2.24, 2.45) is 7.05 Å². The van der Waals surface area contributed by atoms with Gasteiger partial charge in [0.15, 0.2) is 5.65 Å². The van der Waals surface area contributed by atoms with E-state index in [4.69, 9.17) is 4.74 Å². The number of aromatic nitrogens is 5. The van der Waals surface area contributed by atoms with E-state index in [1.54, 1.807) is 6.20 Å². The molecular formula is C21H26N6O2. The van der Waals surface area contributed by atoms with E-state index >= 15 is 0 Å². The molecule has 8 nitrogen and oxygen atoms in total. The van der Waals surface area contributed by atoms with Crippen molar-refractivity contribution >= 4 is 17.1 Å². The Morgan fingerprint density at radius 2 is 2.07 bits per heavy atom. The second kappa shape index (κ2) is 7.26. The van der Waals surface area contributed by atoms with E-state index in [1.165, 1.54) is 11.3 Å². The number of rotatable bonds is 3. The lowest BCUT2D eigenvalue weighted by atomic mass is 9.91. The van der Waals surface area contributed by atoms with Crippen molar-refractivity contribution in [2.45, 2.75) is 51.1 Å². The third kappa shape index (κ3) is 3.21. The normalized spacial score (nSPS) is 20.0. The van der Waals surface area contributed by atoms with Crippen LogP contribution in [-0.4, -0.2) is 43.4 Å². The largest absolute Gasteiger partial charge is 0.381 e. The van der Waals surface area contributed by atoms with E-state index < -0.39 is 0 Å². The third-order valence-electron chi connectivity index (χ3n) is 6.21. The average molecular weight is 394 g/mol. The summed E-state index contributed by atoms with van der Waals surface area (Å²) >= 11 is 0. The van der Waals surface area contributed by atoms with E-state index in [-0.39, 0.29) is 11.9 Å². The van der Waals surface area contributed by atoms with E-state index in [0.29, 0.717) is 11.6 Å². The summed E-state index contributed by atoms with van der Waals surface area (Å²) in [6, 6.07) is 2.19. The third-order valence-corrected chi connectivity index (χ3v) is 6.21. The Labute approximate surface area is 169 Å². The monoisotopic (exact) mass is 394 g/mol. The first-order chi connectivity index (χ1) is 14.1. The highest BCUT2D eigenvalue weighted by Crippen LogP contribution is 2.32. The minimum atomic E-state index is -0.110. The Morgan fingerprint density at radius 1 is 1.24 bits per heavy atom. The maximum absolute atomic E-state index is 13.0. The van der Waals surface area contributed by atoms with Crippen molar-refractivity contribution in [3.63, 3.8) is 0 Å². The number of carbonyl (C=O) groups excluding carboxylic acids is 1. The van der Waals surface area contributed by atoms with Gasteiger partial charge in [-0.25, -0.2) is 9.97 Å². The molecule has 0 aromatic carbocycles. The van der Waals surface area contributed by atoms with Crippen molar-refractivity contribution in [1.29, 1.82) is 0 Å². The molecular weight excluding hydrogens is 368 g/mol. The number of carbonyl (C=O) groups is 1. The van der Waals surface area contributed by atoms with Gasteiger partial charge in [-0.15, -0.1) is 0 Å². The summed E-state index contributed by atoms with van der Waals surface area (Å²) in [6.45, 7) is 3.55. The molecule has 2 aliphatic rings. The molecule has 0 radical (unpaired) electrons. The van der Waals surface area contributed by atoms with Crippen molar-refractivity contribution in [3.8, 4) is 0 Å². The van der Waals surface area contributed by atoms with Gasteiger partial charge in [0.2, 0.25) is 0 Å². The molecule has 5 rings (SSSR count). The van der Waals surface area contributed by atoms with Crippen molar-refractivity contribution in [2.75, 3.05) is 13.2 Å². The average Bonchev–Trinajstić information content (AvgIpc) is 3.29. The molecule has 29 heavy (non-hydrogen) atoms. The number of aryl methyl sites for hydroxylation is 2. The first kappa shape index (κ1) is 18.3. The number of pyridine rings is 1. The lowest BCUT2D eigenvalue weighted by Crippen LogP contribution is -2.31. The molecule has 1 unspecified atom stereocenters. The molecule has 3 aromatic heterocycles. The number of fused-ring (bicyclic) bond motifs is 2. The van der Waals surface area contributed by atoms with Gasteiger partial charge in [0.05, 0.1) is 23.6 Å². The minimum absolute atomic E-state index is 0.00422. The highest BCUT2D eigenvalue weighted by molar-refractivity contribution is 5.96. The zero-order chi connectivity index (χ0) is 20.0. The Balaban J connectivity index is 1.38. The lowest BCUT2D eigenvalue weighted by molar-refractivity contribution is 0.0704. The van der Waals surface area contributed by atoms with Crippen LogP contribution in [0.1, 0.15) is 65.1 Å². The van der Waals surface area contributed by atoms with Crippen LogP contribution in [0.3, 0.4) is 0 Å². The summed E-state index contributed by atoms with van der Waals surface area (Å²) < 4.78 is 9.52. The second-order valence-electron chi connectivity index (χ2n) is 8.05. The van der Waals surface area contributed by atoms with Gasteiger partial charge >= 0.3 is 0 Å². The molecule has 4 heterocycles. The molecule has 1 N–H and O–H groups in total. The van der Waals surface area contributed by atoms with Crippen LogP contribution in [0.25, 0.3) is 11.2 Å². The van der Waals surface area contributed by atoms with Crippen LogP contribution >= 0.6 is 0 Å². The highest BCUT2D eigenvalue weighted by Gasteiger charge is 2.28. The Hall–Kier alpha value is -2.74. The molecule has 152 valence electrons. The fourth-order valence-electron chi connectivity index (χ4n) is 4.75. The maximum Gasteiger partial charge on any atom is 0.253 e. The van der Waals surface area contributed by atoms with Crippen LogP contribution in [0.4, 0.5) is 0 Å². The minimum Gasteiger partial charge on any atom is -0.381 e. The Morgan fingerprint density at radius 3 is 2.90 bits per heavy atom. The molecule has 3 aromatic rings. The summed E-state index contributed by atoms with van der Waals surface area (Å²) in [4.78, 5) is 22.0.